The lowest BCUT2D eigenvalue weighted by Crippen LogP contribution is -2.18. The van der Waals surface area contributed by atoms with Crippen LogP contribution in [0.3, 0.4) is 0 Å². The molecule has 2 heterocycles. The van der Waals surface area contributed by atoms with Crippen LogP contribution in [-0.4, -0.2) is 39.9 Å². The lowest BCUT2D eigenvalue weighted by molar-refractivity contribution is 0.121. The number of hydrogen-bond donors (Lipinski definition) is 1. The maximum absolute atomic E-state index is 9.77. The van der Waals surface area contributed by atoms with Crippen LogP contribution in [0.5, 0.6) is 11.6 Å². The standard InChI is InChI=1S/C21H27N3O3/c1-13-22-11-19(14-3-5-16(25)6-4-14)21(24-13)27-12-15-9-18(15)20-8-7-17(26-2)10-23-20/h7-8,10-11,14-16,18,25H,3-6,9,12H2,1-2H3. The van der Waals surface area contributed by atoms with Gasteiger partial charge in [0, 0.05) is 29.3 Å². The molecular formula is C21H27N3O3. The number of aryl methyl sites for hydroxylation is 1. The predicted octanol–water partition coefficient (Wildman–Crippen LogP) is 3.39. The first-order valence-corrected chi connectivity index (χ1v) is 9.78. The molecule has 2 unspecified atom stereocenters. The molecule has 2 atom stereocenters. The Balaban J connectivity index is 1.39. The van der Waals surface area contributed by atoms with Gasteiger partial charge in [-0.25, -0.2) is 4.98 Å². The van der Waals surface area contributed by atoms with Crippen LogP contribution in [0.1, 0.15) is 61.0 Å². The number of aliphatic hydroxyl groups is 1. The third-order valence-electron chi connectivity index (χ3n) is 5.77. The summed E-state index contributed by atoms with van der Waals surface area (Å²) in [5.41, 5.74) is 2.19. The molecule has 1 N–H and O–H groups in total. The van der Waals surface area contributed by atoms with Crippen LogP contribution < -0.4 is 9.47 Å². The average Bonchev–Trinajstić information content (AvgIpc) is 3.47. The summed E-state index contributed by atoms with van der Waals surface area (Å²) in [4.78, 5) is 13.4. The largest absolute Gasteiger partial charge is 0.495 e. The third-order valence-corrected chi connectivity index (χ3v) is 5.77. The maximum atomic E-state index is 9.77. The molecule has 2 aliphatic rings. The van der Waals surface area contributed by atoms with Crippen molar-refractivity contribution in [3.8, 4) is 11.6 Å². The molecule has 0 amide bonds. The zero-order valence-electron chi connectivity index (χ0n) is 16.0. The van der Waals surface area contributed by atoms with Crippen LogP contribution in [0.25, 0.3) is 0 Å². The highest BCUT2D eigenvalue weighted by molar-refractivity contribution is 5.29. The van der Waals surface area contributed by atoms with Crippen molar-refractivity contribution in [2.75, 3.05) is 13.7 Å². The lowest BCUT2D eigenvalue weighted by Gasteiger charge is -2.26. The number of nitrogens with zero attached hydrogens (tertiary/aromatic N) is 3. The highest BCUT2D eigenvalue weighted by Gasteiger charge is 2.40. The van der Waals surface area contributed by atoms with E-state index >= 15 is 0 Å². The van der Waals surface area contributed by atoms with Crippen LogP contribution in [0.15, 0.2) is 24.5 Å². The minimum absolute atomic E-state index is 0.166. The number of rotatable bonds is 6. The fourth-order valence-corrected chi connectivity index (χ4v) is 3.95. The summed E-state index contributed by atoms with van der Waals surface area (Å²) in [6.45, 7) is 2.54. The molecule has 144 valence electrons. The molecule has 2 fully saturated rings. The van der Waals surface area contributed by atoms with E-state index in [0.29, 0.717) is 24.4 Å². The first-order chi connectivity index (χ1) is 13.1. The highest BCUT2D eigenvalue weighted by atomic mass is 16.5. The van der Waals surface area contributed by atoms with Crippen molar-refractivity contribution >= 4 is 0 Å². The fraction of sp³-hybridized carbons (Fsp3) is 0.571. The minimum Gasteiger partial charge on any atom is -0.495 e. The van der Waals surface area contributed by atoms with E-state index in [9.17, 15) is 5.11 Å². The summed E-state index contributed by atoms with van der Waals surface area (Å²) in [6, 6.07) is 4.00. The molecule has 0 aromatic carbocycles. The molecule has 4 rings (SSSR count). The first-order valence-electron chi connectivity index (χ1n) is 9.78. The molecule has 2 aromatic heterocycles. The van der Waals surface area contributed by atoms with Gasteiger partial charge in [0.15, 0.2) is 0 Å². The van der Waals surface area contributed by atoms with Crippen molar-refractivity contribution in [3.63, 3.8) is 0 Å². The van der Waals surface area contributed by atoms with E-state index in [0.717, 1.165) is 60.8 Å². The second kappa shape index (κ2) is 7.80. The first kappa shape index (κ1) is 18.2. The van der Waals surface area contributed by atoms with Crippen molar-refractivity contribution in [2.45, 2.75) is 57.0 Å². The van der Waals surface area contributed by atoms with E-state index in [1.165, 1.54) is 0 Å². The number of aliphatic hydroxyl groups excluding tert-OH is 1. The van der Waals surface area contributed by atoms with Gasteiger partial charge in [-0.15, -0.1) is 0 Å². The zero-order valence-corrected chi connectivity index (χ0v) is 16.0. The normalized spacial score (nSPS) is 27.2. The Morgan fingerprint density at radius 2 is 1.93 bits per heavy atom. The minimum atomic E-state index is -0.166. The Bertz CT molecular complexity index is 773. The van der Waals surface area contributed by atoms with Gasteiger partial charge in [0.25, 0.3) is 0 Å². The summed E-state index contributed by atoms with van der Waals surface area (Å²) in [5.74, 6) is 3.54. The second-order valence-electron chi connectivity index (χ2n) is 7.72. The third kappa shape index (κ3) is 4.21. The van der Waals surface area contributed by atoms with Crippen molar-refractivity contribution < 1.29 is 14.6 Å². The van der Waals surface area contributed by atoms with E-state index in [1.54, 1.807) is 13.3 Å². The summed E-state index contributed by atoms with van der Waals surface area (Å²) < 4.78 is 11.3. The van der Waals surface area contributed by atoms with E-state index < -0.39 is 0 Å². The average molecular weight is 369 g/mol. The van der Waals surface area contributed by atoms with E-state index in [2.05, 4.69) is 15.0 Å². The predicted molar refractivity (Wildman–Crippen MR) is 101 cm³/mol. The van der Waals surface area contributed by atoms with E-state index in [1.807, 2.05) is 25.3 Å². The highest BCUT2D eigenvalue weighted by Crippen LogP contribution is 2.47. The van der Waals surface area contributed by atoms with E-state index in [-0.39, 0.29) is 6.10 Å². The number of aromatic nitrogens is 3. The van der Waals surface area contributed by atoms with Gasteiger partial charge in [0.1, 0.15) is 11.6 Å². The molecule has 0 saturated heterocycles. The Labute approximate surface area is 160 Å². The van der Waals surface area contributed by atoms with Gasteiger partial charge in [-0.3, -0.25) is 4.98 Å². The van der Waals surface area contributed by atoms with Crippen molar-refractivity contribution in [2.24, 2.45) is 5.92 Å². The smallest absolute Gasteiger partial charge is 0.220 e. The molecule has 2 aromatic rings. The van der Waals surface area contributed by atoms with Gasteiger partial charge < -0.3 is 14.6 Å². The Morgan fingerprint density at radius 3 is 2.63 bits per heavy atom. The topological polar surface area (TPSA) is 77.4 Å². The van der Waals surface area contributed by atoms with Crippen molar-refractivity contribution in [3.05, 3.63) is 41.6 Å². The summed E-state index contributed by atoms with van der Waals surface area (Å²) in [5, 5.41) is 9.77. The summed E-state index contributed by atoms with van der Waals surface area (Å²) in [7, 11) is 1.65. The van der Waals surface area contributed by atoms with Crippen LogP contribution >= 0.6 is 0 Å². The van der Waals surface area contributed by atoms with Gasteiger partial charge >= 0.3 is 0 Å². The summed E-state index contributed by atoms with van der Waals surface area (Å²) >= 11 is 0. The van der Waals surface area contributed by atoms with Gasteiger partial charge in [-0.2, -0.15) is 4.98 Å². The molecule has 0 aliphatic heterocycles. The molecule has 6 heteroatoms. The zero-order chi connectivity index (χ0) is 18.8. The molecule has 6 nitrogen and oxygen atoms in total. The molecule has 2 aliphatic carbocycles. The maximum Gasteiger partial charge on any atom is 0.220 e. The molecule has 0 radical (unpaired) electrons. The second-order valence-corrected chi connectivity index (χ2v) is 7.72. The fourth-order valence-electron chi connectivity index (χ4n) is 3.95. The van der Waals surface area contributed by atoms with Crippen LogP contribution in [0.4, 0.5) is 0 Å². The SMILES string of the molecule is COc1ccc(C2CC2COc2nc(C)ncc2C2CCC(O)CC2)nc1. The van der Waals surface area contributed by atoms with E-state index in [4.69, 9.17) is 9.47 Å². The quantitative estimate of drug-likeness (QED) is 0.841. The van der Waals surface area contributed by atoms with Crippen molar-refractivity contribution in [1.29, 1.82) is 0 Å². The van der Waals surface area contributed by atoms with Crippen LogP contribution in [0, 0.1) is 12.8 Å². The Hall–Kier alpha value is -2.21. The van der Waals surface area contributed by atoms with Gasteiger partial charge in [0.05, 0.1) is 26.0 Å². The number of ether oxygens (including phenoxy) is 2. The van der Waals surface area contributed by atoms with Gasteiger partial charge in [-0.1, -0.05) is 0 Å². The van der Waals surface area contributed by atoms with Crippen LogP contribution in [-0.2, 0) is 0 Å². The van der Waals surface area contributed by atoms with Gasteiger partial charge in [-0.05, 0) is 57.1 Å². The number of hydrogen-bond acceptors (Lipinski definition) is 6. The lowest BCUT2D eigenvalue weighted by atomic mass is 9.83. The van der Waals surface area contributed by atoms with Crippen LogP contribution in [0.2, 0.25) is 0 Å². The molecule has 0 spiro atoms. The summed E-state index contributed by atoms with van der Waals surface area (Å²) in [6.07, 6.45) is 8.22. The molecule has 2 saturated carbocycles. The van der Waals surface area contributed by atoms with Crippen molar-refractivity contribution in [1.82, 2.24) is 15.0 Å². The Morgan fingerprint density at radius 1 is 1.11 bits per heavy atom. The molecular weight excluding hydrogens is 342 g/mol. The number of pyridine rings is 1. The monoisotopic (exact) mass is 369 g/mol. The number of methoxy groups -OCH3 is 1. The molecule has 27 heavy (non-hydrogen) atoms. The molecule has 0 bridgehead atoms. The Kier molecular flexibility index (Phi) is 5.25. The van der Waals surface area contributed by atoms with Gasteiger partial charge in [0.2, 0.25) is 5.88 Å².